The number of unbranched alkanes of at least 4 members (excludes halogenated alkanes) is 4. The lowest BCUT2D eigenvalue weighted by molar-refractivity contribution is -0.723. The average molecular weight is 223 g/mol. The molecule has 0 aromatic carbocycles. The largest absolute Gasteiger partial charge is 0.250 e. The maximum atomic E-state index is 3.14. The molecule has 1 heterocycles. The Labute approximate surface area is 100 Å². The molecule has 0 radical (unpaired) electrons. The van der Waals surface area contributed by atoms with Crippen LogP contribution in [0, 0.1) is 0 Å². The zero-order valence-corrected chi connectivity index (χ0v) is 10.9. The predicted molar refractivity (Wildman–Crippen MR) is 68.3 cm³/mol. The number of hydrogen-bond donors (Lipinski definition) is 1. The zero-order chi connectivity index (χ0) is 11.6. The monoisotopic (exact) mass is 223 g/mol. The first-order chi connectivity index (χ1) is 7.88. The van der Waals surface area contributed by atoms with E-state index >= 15 is 0 Å². The van der Waals surface area contributed by atoms with Gasteiger partial charge >= 0.3 is 0 Å². The van der Waals surface area contributed by atoms with E-state index in [1.165, 1.54) is 51.4 Å². The Hall–Kier alpha value is -0.790. The van der Waals surface area contributed by atoms with Crippen molar-refractivity contribution in [1.82, 2.24) is 4.98 Å². The van der Waals surface area contributed by atoms with Gasteiger partial charge in [-0.05, 0) is 19.3 Å². The molecule has 1 N–H and O–H groups in total. The van der Waals surface area contributed by atoms with E-state index in [1.54, 1.807) is 0 Å². The van der Waals surface area contributed by atoms with Crippen molar-refractivity contribution >= 4 is 0 Å². The number of aromatic nitrogens is 2. The molecule has 2 nitrogen and oxygen atoms in total. The lowest BCUT2D eigenvalue weighted by atomic mass is 10.0. The highest BCUT2D eigenvalue weighted by atomic mass is 15.0. The fourth-order valence-electron chi connectivity index (χ4n) is 2.29. The Morgan fingerprint density at radius 2 is 1.81 bits per heavy atom. The second kappa shape index (κ2) is 8.37. The summed E-state index contributed by atoms with van der Waals surface area (Å²) in [6.45, 7) is 4.55. The lowest BCUT2D eigenvalue weighted by Crippen LogP contribution is -2.36. The Kier molecular flexibility index (Phi) is 6.95. The van der Waals surface area contributed by atoms with Crippen molar-refractivity contribution in [3.63, 3.8) is 0 Å². The number of rotatable bonds is 9. The summed E-state index contributed by atoms with van der Waals surface area (Å²) in [7, 11) is 0. The Morgan fingerprint density at radius 3 is 2.44 bits per heavy atom. The number of imidazole rings is 1. The second-order valence-electron chi connectivity index (χ2n) is 4.70. The number of hydrogen-bond acceptors (Lipinski definition) is 0. The van der Waals surface area contributed by atoms with Gasteiger partial charge in [0.05, 0.1) is 0 Å². The highest BCUT2D eigenvalue weighted by molar-refractivity contribution is 4.60. The summed E-state index contributed by atoms with van der Waals surface area (Å²) in [5.74, 6) is 0. The maximum absolute atomic E-state index is 3.14. The molecule has 1 aromatic rings. The van der Waals surface area contributed by atoms with Gasteiger partial charge in [0.15, 0.2) is 0 Å². The smallest absolute Gasteiger partial charge is 0.241 e. The molecule has 1 atom stereocenters. The van der Waals surface area contributed by atoms with Gasteiger partial charge < -0.3 is 0 Å². The second-order valence-corrected chi connectivity index (χ2v) is 4.70. The van der Waals surface area contributed by atoms with Crippen LogP contribution in [0.5, 0.6) is 0 Å². The molecule has 0 spiro atoms. The highest BCUT2D eigenvalue weighted by Crippen LogP contribution is 2.16. The first-order valence-corrected chi connectivity index (χ1v) is 6.92. The molecular weight excluding hydrogens is 196 g/mol. The van der Waals surface area contributed by atoms with Crippen LogP contribution < -0.4 is 4.57 Å². The first-order valence-electron chi connectivity index (χ1n) is 6.92. The Bertz CT molecular complexity index is 241. The van der Waals surface area contributed by atoms with Crippen molar-refractivity contribution in [3.8, 4) is 0 Å². The quantitative estimate of drug-likeness (QED) is 0.482. The van der Waals surface area contributed by atoms with E-state index in [-0.39, 0.29) is 0 Å². The van der Waals surface area contributed by atoms with Crippen molar-refractivity contribution in [2.75, 3.05) is 0 Å². The molecule has 0 saturated heterocycles. The van der Waals surface area contributed by atoms with Crippen molar-refractivity contribution in [1.29, 1.82) is 0 Å². The van der Waals surface area contributed by atoms with E-state index < -0.39 is 0 Å². The maximum Gasteiger partial charge on any atom is 0.241 e. The number of nitrogens with zero attached hydrogens (tertiary/aromatic N) is 1. The summed E-state index contributed by atoms with van der Waals surface area (Å²) in [5.41, 5.74) is 0. The number of nitrogens with one attached hydrogen (secondary N) is 1. The van der Waals surface area contributed by atoms with Crippen LogP contribution in [-0.4, -0.2) is 4.98 Å². The standard InChI is InChI=1S/C14H26N2/c1-3-5-6-7-8-10-14(9-4-2)16-12-11-15-13-16/h11-14H,3-10H2,1-2H3/p+1. The van der Waals surface area contributed by atoms with Gasteiger partial charge in [-0.3, -0.25) is 4.98 Å². The first kappa shape index (κ1) is 13.3. The van der Waals surface area contributed by atoms with Crippen molar-refractivity contribution in [3.05, 3.63) is 18.7 Å². The summed E-state index contributed by atoms with van der Waals surface area (Å²) < 4.78 is 2.34. The summed E-state index contributed by atoms with van der Waals surface area (Å²) in [4.78, 5) is 3.14. The third-order valence-electron chi connectivity index (χ3n) is 3.25. The van der Waals surface area contributed by atoms with Crippen LogP contribution in [0.1, 0.15) is 71.3 Å². The third kappa shape index (κ3) is 4.82. The van der Waals surface area contributed by atoms with Gasteiger partial charge in [-0.2, -0.15) is 0 Å². The van der Waals surface area contributed by atoms with Crippen LogP contribution in [0.4, 0.5) is 0 Å². The van der Waals surface area contributed by atoms with E-state index in [9.17, 15) is 0 Å². The summed E-state index contributed by atoms with van der Waals surface area (Å²) >= 11 is 0. The Balaban J connectivity index is 2.24. The molecular formula is C14H27N2+. The SMILES string of the molecule is CCCCCCCC(CCC)[n+]1cc[nH]c1. The van der Waals surface area contributed by atoms with Crippen molar-refractivity contribution in [2.45, 2.75) is 71.3 Å². The molecule has 16 heavy (non-hydrogen) atoms. The molecule has 92 valence electrons. The highest BCUT2D eigenvalue weighted by Gasteiger charge is 2.13. The van der Waals surface area contributed by atoms with Gasteiger partial charge in [0.1, 0.15) is 18.4 Å². The van der Waals surface area contributed by atoms with Crippen molar-refractivity contribution < 1.29 is 4.57 Å². The van der Waals surface area contributed by atoms with E-state index in [2.05, 4.69) is 35.9 Å². The Morgan fingerprint density at radius 1 is 1.00 bits per heavy atom. The molecule has 2 heteroatoms. The van der Waals surface area contributed by atoms with Gasteiger partial charge in [0, 0.05) is 0 Å². The molecule has 0 aliphatic carbocycles. The molecule has 0 aliphatic heterocycles. The molecule has 0 fully saturated rings. The van der Waals surface area contributed by atoms with Crippen LogP contribution in [0.25, 0.3) is 0 Å². The van der Waals surface area contributed by atoms with E-state index in [1.807, 2.05) is 6.20 Å². The van der Waals surface area contributed by atoms with Crippen LogP contribution in [0.2, 0.25) is 0 Å². The van der Waals surface area contributed by atoms with Crippen LogP contribution in [0.3, 0.4) is 0 Å². The van der Waals surface area contributed by atoms with Gasteiger partial charge in [-0.1, -0.05) is 46.0 Å². The van der Waals surface area contributed by atoms with Gasteiger partial charge in [-0.15, -0.1) is 0 Å². The van der Waals surface area contributed by atoms with E-state index in [4.69, 9.17) is 0 Å². The average Bonchev–Trinajstić information content (AvgIpc) is 2.81. The fourth-order valence-corrected chi connectivity index (χ4v) is 2.29. The van der Waals surface area contributed by atoms with Gasteiger partial charge in [0.25, 0.3) is 0 Å². The van der Waals surface area contributed by atoms with Gasteiger partial charge in [-0.25, -0.2) is 4.57 Å². The minimum Gasteiger partial charge on any atom is -0.250 e. The minimum absolute atomic E-state index is 0.706. The molecule has 0 aliphatic rings. The summed E-state index contributed by atoms with van der Waals surface area (Å²) in [6, 6.07) is 0.706. The summed E-state index contributed by atoms with van der Waals surface area (Å²) in [6.07, 6.45) is 17.1. The van der Waals surface area contributed by atoms with E-state index in [0.717, 1.165) is 0 Å². The van der Waals surface area contributed by atoms with E-state index in [0.29, 0.717) is 6.04 Å². The molecule has 0 amide bonds. The predicted octanol–water partition coefficient (Wildman–Crippen LogP) is 4.00. The third-order valence-corrected chi connectivity index (χ3v) is 3.25. The normalized spacial score (nSPS) is 12.9. The molecule has 1 rings (SSSR count). The van der Waals surface area contributed by atoms with Crippen molar-refractivity contribution in [2.24, 2.45) is 0 Å². The molecule has 1 unspecified atom stereocenters. The number of aromatic amines is 1. The zero-order valence-electron chi connectivity index (χ0n) is 10.9. The molecule has 1 aromatic heterocycles. The van der Waals surface area contributed by atoms with Crippen LogP contribution >= 0.6 is 0 Å². The molecule has 0 saturated carbocycles. The van der Waals surface area contributed by atoms with Gasteiger partial charge in [0.2, 0.25) is 6.33 Å². The topological polar surface area (TPSA) is 19.7 Å². The minimum atomic E-state index is 0.706. The fraction of sp³-hybridized carbons (Fsp3) is 0.786. The number of H-pyrrole nitrogens is 1. The van der Waals surface area contributed by atoms with Crippen LogP contribution in [-0.2, 0) is 0 Å². The lowest BCUT2D eigenvalue weighted by Gasteiger charge is -2.12. The van der Waals surface area contributed by atoms with Crippen LogP contribution in [0.15, 0.2) is 18.7 Å². The molecule has 0 bridgehead atoms. The summed E-state index contributed by atoms with van der Waals surface area (Å²) in [5, 5.41) is 0.